The highest BCUT2D eigenvalue weighted by Gasteiger charge is 2.23. The van der Waals surface area contributed by atoms with E-state index in [9.17, 15) is 9.36 Å². The van der Waals surface area contributed by atoms with Gasteiger partial charge in [-0.15, -0.1) is 11.3 Å². The minimum absolute atomic E-state index is 0.148. The minimum Gasteiger partial charge on any atom is -0.397 e. The lowest BCUT2D eigenvalue weighted by Crippen LogP contribution is -2.13. The monoisotopic (exact) mass is 430 g/mol. The van der Waals surface area contributed by atoms with Crippen LogP contribution in [0, 0.1) is 0 Å². The molecule has 0 bridgehead atoms. The second-order valence-electron chi connectivity index (χ2n) is 6.30. The molecule has 0 saturated carbocycles. The Bertz CT molecular complexity index is 1020. The molecule has 3 aromatic rings. The van der Waals surface area contributed by atoms with Crippen molar-refractivity contribution in [2.75, 3.05) is 24.8 Å². The lowest BCUT2D eigenvalue weighted by atomic mass is 10.1. The molecule has 1 amide bonds. The number of benzene rings is 2. The molecule has 1 atom stereocenters. The molecule has 29 heavy (non-hydrogen) atoms. The van der Waals surface area contributed by atoms with Gasteiger partial charge in [-0.2, -0.15) is 0 Å². The summed E-state index contributed by atoms with van der Waals surface area (Å²) < 4.78 is 22.7. The number of carbonyl (C=O) groups excluding carboxylic acids is 1. The van der Waals surface area contributed by atoms with Crippen molar-refractivity contribution in [3.8, 4) is 10.4 Å². The molecule has 0 aliphatic rings. The van der Waals surface area contributed by atoms with Crippen LogP contribution in [0.2, 0.25) is 0 Å². The molecular formula is C21H23N2O4PS. The van der Waals surface area contributed by atoms with Crippen LogP contribution in [0.1, 0.15) is 22.8 Å². The van der Waals surface area contributed by atoms with Crippen LogP contribution in [0.5, 0.6) is 0 Å². The fourth-order valence-electron chi connectivity index (χ4n) is 2.80. The highest BCUT2D eigenvalue weighted by atomic mass is 32.1. The average Bonchev–Trinajstić information content (AvgIpc) is 3.25. The van der Waals surface area contributed by atoms with Gasteiger partial charge in [-0.05, 0) is 53.8 Å². The van der Waals surface area contributed by atoms with E-state index in [1.807, 2.05) is 29.6 Å². The summed E-state index contributed by atoms with van der Waals surface area (Å²) in [4.78, 5) is 13.7. The highest BCUT2D eigenvalue weighted by molar-refractivity contribution is 7.53. The maximum Gasteiger partial charge on any atom is 0.334 e. The average molecular weight is 430 g/mol. The number of nitrogens with one attached hydrogen (secondary N) is 1. The Balaban J connectivity index is 1.73. The van der Waals surface area contributed by atoms with Gasteiger partial charge in [-0.3, -0.25) is 9.36 Å². The van der Waals surface area contributed by atoms with Crippen molar-refractivity contribution in [2.45, 2.75) is 13.1 Å². The topological polar surface area (TPSA) is 90.7 Å². The van der Waals surface area contributed by atoms with E-state index in [0.29, 0.717) is 23.5 Å². The van der Waals surface area contributed by atoms with Crippen LogP contribution in [0.15, 0.2) is 60.0 Å². The van der Waals surface area contributed by atoms with Gasteiger partial charge < -0.3 is 20.1 Å². The summed E-state index contributed by atoms with van der Waals surface area (Å²) in [5.74, 6) is -0.272. The first-order valence-electron chi connectivity index (χ1n) is 9.07. The third kappa shape index (κ3) is 5.34. The summed E-state index contributed by atoms with van der Waals surface area (Å²) in [7, 11) is -1.80. The van der Waals surface area contributed by atoms with Crippen molar-refractivity contribution in [3.05, 3.63) is 71.1 Å². The first kappa shape index (κ1) is 21.3. The Kier molecular flexibility index (Phi) is 6.87. The van der Waals surface area contributed by atoms with E-state index in [-0.39, 0.29) is 12.1 Å². The van der Waals surface area contributed by atoms with Crippen LogP contribution in [-0.4, -0.2) is 19.6 Å². The number of carbonyl (C=O) groups is 1. The van der Waals surface area contributed by atoms with Crippen LogP contribution in [0.3, 0.4) is 0 Å². The van der Waals surface area contributed by atoms with Gasteiger partial charge >= 0.3 is 7.60 Å². The number of nitrogens with two attached hydrogens (primary N) is 1. The second-order valence-corrected chi connectivity index (χ2v) is 9.41. The molecule has 0 saturated heterocycles. The molecule has 1 unspecified atom stereocenters. The lowest BCUT2D eigenvalue weighted by Gasteiger charge is -2.15. The highest BCUT2D eigenvalue weighted by Crippen LogP contribution is 2.50. The summed E-state index contributed by atoms with van der Waals surface area (Å²) in [5.41, 5.74) is 9.32. The van der Waals surface area contributed by atoms with Crippen molar-refractivity contribution in [3.63, 3.8) is 0 Å². The standard InChI is InChI=1S/C21H23N2O4PS/c1-3-27-28(25,26-2)14-15-6-8-16(9-7-15)21(24)23-19-13-17(10-11-18(19)22)20-5-4-12-29-20/h4-13H,3,14,22H2,1-2H3,(H,23,24). The maximum atomic E-state index is 12.7. The summed E-state index contributed by atoms with van der Waals surface area (Å²) in [6, 6.07) is 16.4. The van der Waals surface area contributed by atoms with Crippen LogP contribution in [0.25, 0.3) is 10.4 Å². The van der Waals surface area contributed by atoms with E-state index in [1.165, 1.54) is 7.11 Å². The molecule has 3 N–H and O–H groups in total. The van der Waals surface area contributed by atoms with Gasteiger partial charge in [-0.1, -0.05) is 24.3 Å². The normalized spacial score (nSPS) is 13.0. The van der Waals surface area contributed by atoms with E-state index >= 15 is 0 Å². The quantitative estimate of drug-likeness (QED) is 0.357. The van der Waals surface area contributed by atoms with E-state index < -0.39 is 7.60 Å². The molecule has 2 aromatic carbocycles. The minimum atomic E-state index is -3.17. The number of nitrogen functional groups attached to an aromatic ring is 1. The Morgan fingerprint density at radius 2 is 1.93 bits per heavy atom. The van der Waals surface area contributed by atoms with Crippen LogP contribution >= 0.6 is 18.9 Å². The number of rotatable bonds is 8. The van der Waals surface area contributed by atoms with Gasteiger partial charge in [-0.25, -0.2) is 0 Å². The van der Waals surface area contributed by atoms with Gasteiger partial charge in [0.25, 0.3) is 5.91 Å². The Labute approximate surface area is 174 Å². The molecule has 8 heteroatoms. The molecule has 1 aromatic heterocycles. The van der Waals surface area contributed by atoms with E-state index in [1.54, 1.807) is 48.6 Å². The number of amides is 1. The van der Waals surface area contributed by atoms with Crippen molar-refractivity contribution >= 4 is 36.2 Å². The first-order valence-corrected chi connectivity index (χ1v) is 11.7. The van der Waals surface area contributed by atoms with Gasteiger partial charge in [0.15, 0.2) is 0 Å². The van der Waals surface area contributed by atoms with E-state index in [0.717, 1.165) is 16.0 Å². The van der Waals surface area contributed by atoms with Crippen LogP contribution in [0.4, 0.5) is 11.4 Å². The largest absolute Gasteiger partial charge is 0.397 e. The van der Waals surface area contributed by atoms with Gasteiger partial charge in [0.1, 0.15) is 0 Å². The zero-order valence-electron chi connectivity index (χ0n) is 16.3. The van der Waals surface area contributed by atoms with E-state index in [2.05, 4.69) is 5.32 Å². The van der Waals surface area contributed by atoms with Gasteiger partial charge in [0.05, 0.1) is 24.1 Å². The van der Waals surface area contributed by atoms with Crippen LogP contribution in [-0.2, 0) is 19.8 Å². The predicted molar refractivity (Wildman–Crippen MR) is 119 cm³/mol. The van der Waals surface area contributed by atoms with Crippen molar-refractivity contribution in [1.82, 2.24) is 0 Å². The fraction of sp³-hybridized carbons (Fsp3) is 0.190. The summed E-state index contributed by atoms with van der Waals surface area (Å²) in [6.07, 6.45) is 0.148. The number of anilines is 2. The Morgan fingerprint density at radius 3 is 2.55 bits per heavy atom. The third-order valence-electron chi connectivity index (χ3n) is 4.30. The Morgan fingerprint density at radius 1 is 1.17 bits per heavy atom. The van der Waals surface area contributed by atoms with Crippen LogP contribution < -0.4 is 11.1 Å². The fourth-order valence-corrected chi connectivity index (χ4v) is 4.90. The van der Waals surface area contributed by atoms with E-state index in [4.69, 9.17) is 14.8 Å². The molecule has 0 aliphatic carbocycles. The lowest BCUT2D eigenvalue weighted by molar-refractivity contribution is 0.102. The molecular weight excluding hydrogens is 407 g/mol. The van der Waals surface area contributed by atoms with Gasteiger partial charge in [0.2, 0.25) is 0 Å². The smallest absolute Gasteiger partial charge is 0.334 e. The summed E-state index contributed by atoms with van der Waals surface area (Å²) in [6.45, 7) is 2.07. The summed E-state index contributed by atoms with van der Waals surface area (Å²) in [5, 5.41) is 4.86. The molecule has 152 valence electrons. The summed E-state index contributed by atoms with van der Waals surface area (Å²) >= 11 is 1.62. The number of thiophene rings is 1. The zero-order chi connectivity index (χ0) is 20.9. The maximum absolute atomic E-state index is 12.7. The molecule has 0 spiro atoms. The van der Waals surface area contributed by atoms with Crippen molar-refractivity contribution in [1.29, 1.82) is 0 Å². The zero-order valence-corrected chi connectivity index (χ0v) is 18.0. The molecule has 3 rings (SSSR count). The predicted octanol–water partition coefficient (Wildman–Crippen LogP) is 5.63. The number of hydrogen-bond donors (Lipinski definition) is 2. The van der Waals surface area contributed by atoms with Crippen molar-refractivity contribution < 1.29 is 18.4 Å². The molecule has 0 radical (unpaired) electrons. The second kappa shape index (κ2) is 9.37. The van der Waals surface area contributed by atoms with Crippen molar-refractivity contribution in [2.24, 2.45) is 0 Å². The molecule has 1 heterocycles. The first-order chi connectivity index (χ1) is 13.9. The molecule has 6 nitrogen and oxygen atoms in total. The number of hydrogen-bond acceptors (Lipinski definition) is 6. The Hall–Kier alpha value is -2.44. The third-order valence-corrected chi connectivity index (χ3v) is 7.18. The molecule has 0 fully saturated rings. The van der Waals surface area contributed by atoms with Gasteiger partial charge in [0, 0.05) is 17.6 Å². The SMILES string of the molecule is CCOP(=O)(Cc1ccc(C(=O)Nc2cc(-c3cccs3)ccc2N)cc1)OC. The molecule has 0 aliphatic heterocycles.